The maximum Gasteiger partial charge on any atom is 0.408 e. The molecule has 1 aliphatic heterocycles. The number of aryl methyl sites for hydroxylation is 1. The predicted molar refractivity (Wildman–Crippen MR) is 130 cm³/mol. The SMILES string of the molecule is Cc1cc(N2CCC(C)(NC(=O)OC(C)(C)C)CC2)c(CO)nc1-c1cccc(Cl)c1Cl. The van der Waals surface area contributed by atoms with Gasteiger partial charge in [-0.2, -0.15) is 0 Å². The van der Waals surface area contributed by atoms with E-state index in [0.29, 0.717) is 21.4 Å². The number of amides is 1. The van der Waals surface area contributed by atoms with E-state index in [2.05, 4.69) is 10.2 Å². The molecule has 2 heterocycles. The Morgan fingerprint density at radius 3 is 2.53 bits per heavy atom. The number of piperidine rings is 1. The summed E-state index contributed by atoms with van der Waals surface area (Å²) < 4.78 is 5.42. The van der Waals surface area contributed by atoms with Crippen molar-refractivity contribution in [3.63, 3.8) is 0 Å². The number of nitrogens with one attached hydrogen (secondary N) is 1. The molecule has 0 bridgehead atoms. The number of anilines is 1. The first-order valence-corrected chi connectivity index (χ1v) is 11.5. The molecule has 0 atom stereocenters. The summed E-state index contributed by atoms with van der Waals surface area (Å²) in [6.45, 7) is 10.8. The first-order valence-electron chi connectivity index (χ1n) is 10.7. The number of carbonyl (C=O) groups excluding carboxylic acids is 1. The number of carbonyl (C=O) groups is 1. The zero-order valence-electron chi connectivity index (χ0n) is 19.3. The highest BCUT2D eigenvalue weighted by Crippen LogP contribution is 2.37. The van der Waals surface area contributed by atoms with Crippen LogP contribution in [0.5, 0.6) is 0 Å². The van der Waals surface area contributed by atoms with Gasteiger partial charge in [-0.25, -0.2) is 9.78 Å². The smallest absolute Gasteiger partial charge is 0.408 e. The Hall–Kier alpha value is -2.02. The van der Waals surface area contributed by atoms with E-state index in [1.54, 1.807) is 6.07 Å². The van der Waals surface area contributed by atoms with Crippen molar-refractivity contribution in [3.05, 3.63) is 45.6 Å². The summed E-state index contributed by atoms with van der Waals surface area (Å²) in [6.07, 6.45) is 1.10. The van der Waals surface area contributed by atoms with Gasteiger partial charge in [-0.05, 0) is 65.2 Å². The van der Waals surface area contributed by atoms with E-state index in [0.717, 1.165) is 42.7 Å². The normalized spacial score (nSPS) is 16.1. The first kappa shape index (κ1) is 24.6. The Morgan fingerprint density at radius 1 is 1.28 bits per heavy atom. The van der Waals surface area contributed by atoms with E-state index in [9.17, 15) is 9.90 Å². The molecule has 1 aromatic heterocycles. The van der Waals surface area contributed by atoms with E-state index < -0.39 is 11.7 Å². The molecule has 0 aliphatic carbocycles. The molecule has 32 heavy (non-hydrogen) atoms. The third-order valence-electron chi connectivity index (χ3n) is 5.64. The molecular weight excluding hydrogens is 449 g/mol. The van der Waals surface area contributed by atoms with Crippen molar-refractivity contribution in [1.82, 2.24) is 10.3 Å². The summed E-state index contributed by atoms with van der Waals surface area (Å²) in [6, 6.07) is 7.48. The van der Waals surface area contributed by atoms with Crippen LogP contribution in [-0.2, 0) is 11.3 Å². The molecule has 1 fully saturated rings. The number of aromatic nitrogens is 1. The van der Waals surface area contributed by atoms with Gasteiger partial charge >= 0.3 is 6.09 Å². The molecule has 0 unspecified atom stereocenters. The third kappa shape index (κ3) is 5.66. The molecule has 1 aromatic carbocycles. The lowest BCUT2D eigenvalue weighted by Gasteiger charge is -2.41. The molecule has 3 rings (SSSR count). The van der Waals surface area contributed by atoms with Crippen molar-refractivity contribution < 1.29 is 14.6 Å². The summed E-state index contributed by atoms with van der Waals surface area (Å²) in [5.41, 5.74) is 2.99. The van der Waals surface area contributed by atoms with Crippen LogP contribution < -0.4 is 10.2 Å². The molecule has 6 nitrogen and oxygen atoms in total. The zero-order chi connectivity index (χ0) is 23.7. The van der Waals surface area contributed by atoms with Crippen LogP contribution in [0.2, 0.25) is 10.0 Å². The van der Waals surface area contributed by atoms with E-state index in [1.165, 1.54) is 0 Å². The quantitative estimate of drug-likeness (QED) is 0.584. The van der Waals surface area contributed by atoms with Gasteiger partial charge in [-0.15, -0.1) is 0 Å². The molecule has 1 amide bonds. The van der Waals surface area contributed by atoms with Crippen LogP contribution in [0, 0.1) is 6.92 Å². The number of nitrogens with zero attached hydrogens (tertiary/aromatic N) is 2. The highest BCUT2D eigenvalue weighted by Gasteiger charge is 2.34. The average Bonchev–Trinajstić information content (AvgIpc) is 2.69. The van der Waals surface area contributed by atoms with Gasteiger partial charge in [0.2, 0.25) is 0 Å². The Kier molecular flexibility index (Phi) is 7.28. The van der Waals surface area contributed by atoms with Crippen LogP contribution >= 0.6 is 23.2 Å². The first-order chi connectivity index (χ1) is 14.9. The Balaban J connectivity index is 1.79. The Bertz CT molecular complexity index is 997. The van der Waals surface area contributed by atoms with Crippen LogP contribution in [0.25, 0.3) is 11.3 Å². The standard InChI is InChI=1S/C24H31Cl2N3O3/c1-15-13-19(18(14-30)27-21(15)16-7-6-8-17(25)20(16)26)29-11-9-24(5,10-12-29)28-22(31)32-23(2,3)4/h6-8,13,30H,9-12,14H2,1-5H3,(H,28,31). The highest BCUT2D eigenvalue weighted by atomic mass is 35.5. The van der Waals surface area contributed by atoms with Gasteiger partial charge in [0.15, 0.2) is 0 Å². The number of hydrogen-bond acceptors (Lipinski definition) is 5. The lowest BCUT2D eigenvalue weighted by molar-refractivity contribution is 0.0448. The van der Waals surface area contributed by atoms with E-state index in [1.807, 2.05) is 52.8 Å². The van der Waals surface area contributed by atoms with E-state index in [-0.39, 0.29) is 12.1 Å². The molecule has 8 heteroatoms. The van der Waals surface area contributed by atoms with Crippen molar-refractivity contribution in [2.75, 3.05) is 18.0 Å². The van der Waals surface area contributed by atoms with Crippen molar-refractivity contribution in [3.8, 4) is 11.3 Å². The summed E-state index contributed by atoms with van der Waals surface area (Å²) in [5.74, 6) is 0. The second-order valence-corrected chi connectivity index (χ2v) is 10.3. The molecular formula is C24H31Cl2N3O3. The zero-order valence-corrected chi connectivity index (χ0v) is 20.8. The fourth-order valence-corrected chi connectivity index (χ4v) is 4.29. The molecule has 0 spiro atoms. The lowest BCUT2D eigenvalue weighted by atomic mass is 9.89. The molecule has 1 aliphatic rings. The molecule has 2 N–H and O–H groups in total. The van der Waals surface area contributed by atoms with E-state index >= 15 is 0 Å². The van der Waals surface area contributed by atoms with Crippen LogP contribution in [-0.4, -0.2) is 40.4 Å². The largest absolute Gasteiger partial charge is 0.444 e. The lowest BCUT2D eigenvalue weighted by Crippen LogP contribution is -2.54. The maximum atomic E-state index is 12.2. The number of hydrogen-bond donors (Lipinski definition) is 2. The van der Waals surface area contributed by atoms with Gasteiger partial charge in [0, 0.05) is 24.2 Å². The number of halogens is 2. The van der Waals surface area contributed by atoms with Gasteiger partial charge in [0.1, 0.15) is 5.60 Å². The number of benzene rings is 1. The van der Waals surface area contributed by atoms with Crippen molar-refractivity contribution in [2.45, 2.75) is 65.2 Å². The number of alkyl carbamates (subject to hydrolysis) is 1. The minimum Gasteiger partial charge on any atom is -0.444 e. The van der Waals surface area contributed by atoms with Crippen LogP contribution in [0.4, 0.5) is 10.5 Å². The van der Waals surface area contributed by atoms with E-state index in [4.69, 9.17) is 32.9 Å². The fraction of sp³-hybridized carbons (Fsp3) is 0.500. The Morgan fingerprint density at radius 2 is 1.94 bits per heavy atom. The van der Waals surface area contributed by atoms with Crippen LogP contribution in [0.3, 0.4) is 0 Å². The molecule has 2 aromatic rings. The average molecular weight is 480 g/mol. The number of ether oxygens (including phenoxy) is 1. The van der Waals surface area contributed by atoms with Crippen molar-refractivity contribution >= 4 is 35.0 Å². The third-order valence-corrected chi connectivity index (χ3v) is 6.45. The van der Waals surface area contributed by atoms with Gasteiger partial charge in [-0.3, -0.25) is 0 Å². The monoisotopic (exact) mass is 479 g/mol. The molecule has 0 saturated carbocycles. The number of aliphatic hydroxyl groups excluding tert-OH is 1. The minimum atomic E-state index is -0.534. The summed E-state index contributed by atoms with van der Waals surface area (Å²) in [5, 5.41) is 14.0. The van der Waals surface area contributed by atoms with Crippen molar-refractivity contribution in [1.29, 1.82) is 0 Å². The van der Waals surface area contributed by atoms with Gasteiger partial charge in [-0.1, -0.05) is 35.3 Å². The van der Waals surface area contributed by atoms with Gasteiger partial charge in [0.25, 0.3) is 0 Å². The molecule has 0 radical (unpaired) electrons. The summed E-state index contributed by atoms with van der Waals surface area (Å²) in [4.78, 5) is 19.2. The van der Waals surface area contributed by atoms with Crippen LogP contribution in [0.15, 0.2) is 24.3 Å². The molecule has 174 valence electrons. The minimum absolute atomic E-state index is 0.190. The molecule has 1 saturated heterocycles. The predicted octanol–water partition coefficient (Wildman–Crippen LogP) is 5.74. The Labute approximate surface area is 199 Å². The second kappa shape index (κ2) is 9.46. The number of rotatable bonds is 4. The van der Waals surface area contributed by atoms with Gasteiger partial charge < -0.3 is 20.1 Å². The fourth-order valence-electron chi connectivity index (χ4n) is 3.90. The van der Waals surface area contributed by atoms with Crippen molar-refractivity contribution in [2.24, 2.45) is 0 Å². The second-order valence-electron chi connectivity index (χ2n) is 9.55. The number of pyridine rings is 1. The topological polar surface area (TPSA) is 74.7 Å². The number of aliphatic hydroxyl groups is 1. The van der Waals surface area contributed by atoms with Crippen LogP contribution in [0.1, 0.15) is 51.8 Å². The summed E-state index contributed by atoms with van der Waals surface area (Å²) in [7, 11) is 0. The summed E-state index contributed by atoms with van der Waals surface area (Å²) >= 11 is 12.6. The maximum absolute atomic E-state index is 12.2. The highest BCUT2D eigenvalue weighted by molar-refractivity contribution is 6.43. The van der Waals surface area contributed by atoms with Gasteiger partial charge in [0.05, 0.1) is 33.7 Å².